The minimum Gasteiger partial charge on any atom is -0.374 e. The molecule has 4 heteroatoms. The third-order valence-electron chi connectivity index (χ3n) is 2.72. The smallest absolute Gasteiger partial charge is 0.0826 e. The molecule has 84 valence electrons. The van der Waals surface area contributed by atoms with Gasteiger partial charge in [0.15, 0.2) is 0 Å². The van der Waals surface area contributed by atoms with Gasteiger partial charge in [0.1, 0.15) is 0 Å². The van der Waals surface area contributed by atoms with Gasteiger partial charge in [-0.2, -0.15) is 0 Å². The predicted molar refractivity (Wildman–Crippen MR) is 58.4 cm³/mol. The molecule has 1 saturated heterocycles. The van der Waals surface area contributed by atoms with Gasteiger partial charge in [-0.05, 0) is 13.5 Å². The third-order valence-corrected chi connectivity index (χ3v) is 2.72. The van der Waals surface area contributed by atoms with Crippen molar-refractivity contribution in [1.82, 2.24) is 10.2 Å². The summed E-state index contributed by atoms with van der Waals surface area (Å²) in [5.41, 5.74) is 5.53. The lowest BCUT2D eigenvalue weighted by molar-refractivity contribution is -0.0260. The Morgan fingerprint density at radius 1 is 1.64 bits per heavy atom. The van der Waals surface area contributed by atoms with Gasteiger partial charge >= 0.3 is 0 Å². The molecule has 1 aliphatic rings. The van der Waals surface area contributed by atoms with E-state index in [1.807, 2.05) is 0 Å². The zero-order valence-electron chi connectivity index (χ0n) is 9.33. The summed E-state index contributed by atoms with van der Waals surface area (Å²) in [6, 6.07) is 0.385. The average Bonchev–Trinajstić information content (AvgIpc) is 2.26. The fraction of sp³-hybridized carbons (Fsp3) is 1.00. The van der Waals surface area contributed by atoms with E-state index in [0.29, 0.717) is 18.7 Å². The fourth-order valence-corrected chi connectivity index (χ4v) is 1.61. The van der Waals surface area contributed by atoms with Crippen LogP contribution in [0.5, 0.6) is 0 Å². The van der Waals surface area contributed by atoms with E-state index in [2.05, 4.69) is 24.1 Å². The van der Waals surface area contributed by atoms with Crippen LogP contribution in [0.1, 0.15) is 13.8 Å². The van der Waals surface area contributed by atoms with Crippen LogP contribution in [0.4, 0.5) is 0 Å². The Balaban J connectivity index is 2.17. The van der Waals surface area contributed by atoms with Crippen molar-refractivity contribution in [2.24, 2.45) is 5.73 Å². The molecule has 0 aromatic heterocycles. The number of nitrogens with zero attached hydrogens (tertiary/aromatic N) is 1. The van der Waals surface area contributed by atoms with Gasteiger partial charge in [-0.3, -0.25) is 4.90 Å². The molecule has 0 amide bonds. The van der Waals surface area contributed by atoms with Crippen molar-refractivity contribution in [3.05, 3.63) is 0 Å². The minimum atomic E-state index is 0.331. The van der Waals surface area contributed by atoms with E-state index in [-0.39, 0.29) is 0 Å². The first-order valence-electron chi connectivity index (χ1n) is 5.53. The van der Waals surface area contributed by atoms with E-state index in [0.717, 1.165) is 32.8 Å². The molecule has 1 heterocycles. The Kier molecular flexibility index (Phi) is 5.40. The highest BCUT2D eigenvalue weighted by Gasteiger charge is 2.18. The van der Waals surface area contributed by atoms with Crippen molar-refractivity contribution >= 4 is 0 Å². The lowest BCUT2D eigenvalue weighted by Crippen LogP contribution is -2.48. The van der Waals surface area contributed by atoms with Crippen LogP contribution >= 0.6 is 0 Å². The van der Waals surface area contributed by atoms with E-state index < -0.39 is 0 Å². The summed E-state index contributed by atoms with van der Waals surface area (Å²) in [4.78, 5) is 2.42. The van der Waals surface area contributed by atoms with Crippen LogP contribution in [-0.4, -0.2) is 56.4 Å². The van der Waals surface area contributed by atoms with Crippen LogP contribution in [-0.2, 0) is 4.74 Å². The number of rotatable bonds is 5. The second kappa shape index (κ2) is 6.35. The van der Waals surface area contributed by atoms with Crippen molar-refractivity contribution in [3.63, 3.8) is 0 Å². The summed E-state index contributed by atoms with van der Waals surface area (Å²) in [5.74, 6) is 0. The van der Waals surface area contributed by atoms with Crippen molar-refractivity contribution in [3.8, 4) is 0 Å². The highest BCUT2D eigenvalue weighted by Crippen LogP contribution is 2.03. The zero-order chi connectivity index (χ0) is 10.4. The lowest BCUT2D eigenvalue weighted by Gasteiger charge is -2.32. The van der Waals surface area contributed by atoms with Gasteiger partial charge in [-0.1, -0.05) is 6.92 Å². The molecule has 1 fully saturated rings. The van der Waals surface area contributed by atoms with Crippen LogP contribution < -0.4 is 11.1 Å². The molecule has 14 heavy (non-hydrogen) atoms. The summed E-state index contributed by atoms with van der Waals surface area (Å²) in [6.07, 6.45) is 0.331. The molecule has 0 aromatic rings. The molecule has 0 radical (unpaired) electrons. The second-order valence-electron chi connectivity index (χ2n) is 3.93. The average molecular weight is 201 g/mol. The summed E-state index contributed by atoms with van der Waals surface area (Å²) in [7, 11) is 0. The molecule has 0 aliphatic carbocycles. The maximum atomic E-state index is 5.66. The monoisotopic (exact) mass is 201 g/mol. The van der Waals surface area contributed by atoms with Crippen molar-refractivity contribution in [2.75, 3.05) is 39.3 Å². The molecule has 4 nitrogen and oxygen atoms in total. The number of likely N-dealkylation sites (N-methyl/N-ethyl adjacent to an activating group) is 1. The Morgan fingerprint density at radius 3 is 3.07 bits per heavy atom. The van der Waals surface area contributed by atoms with Crippen LogP contribution in [0.15, 0.2) is 0 Å². The number of nitrogens with one attached hydrogen (secondary N) is 1. The first-order chi connectivity index (χ1) is 6.76. The molecule has 0 aromatic carbocycles. The first kappa shape index (κ1) is 11.9. The molecule has 0 bridgehead atoms. The van der Waals surface area contributed by atoms with Crippen LogP contribution in [0.25, 0.3) is 0 Å². The number of nitrogens with two attached hydrogens (primary N) is 1. The molecule has 0 spiro atoms. The number of ether oxygens (including phenoxy) is 1. The van der Waals surface area contributed by atoms with Gasteiger partial charge < -0.3 is 15.8 Å². The summed E-state index contributed by atoms with van der Waals surface area (Å²) in [5, 5.41) is 3.37. The van der Waals surface area contributed by atoms with Crippen molar-refractivity contribution in [2.45, 2.75) is 26.0 Å². The Bertz CT molecular complexity index is 154. The number of morpholine rings is 1. The fourth-order valence-electron chi connectivity index (χ4n) is 1.61. The normalized spacial score (nSPS) is 26.4. The largest absolute Gasteiger partial charge is 0.374 e. The maximum Gasteiger partial charge on any atom is 0.0826 e. The van der Waals surface area contributed by atoms with Gasteiger partial charge in [0, 0.05) is 32.2 Å². The molecule has 1 aliphatic heterocycles. The SMILES string of the molecule is CCN1CCOC(CNC(C)CN)C1. The van der Waals surface area contributed by atoms with Gasteiger partial charge in [0.05, 0.1) is 12.7 Å². The standard InChI is InChI=1S/C10H23N3O/c1-3-13-4-5-14-10(8-13)7-12-9(2)6-11/h9-10,12H,3-8,11H2,1-2H3. The summed E-state index contributed by atoms with van der Waals surface area (Å²) >= 11 is 0. The third kappa shape index (κ3) is 3.92. The summed E-state index contributed by atoms with van der Waals surface area (Å²) < 4.78 is 5.66. The number of hydrogen-bond acceptors (Lipinski definition) is 4. The lowest BCUT2D eigenvalue weighted by atomic mass is 10.2. The van der Waals surface area contributed by atoms with Crippen molar-refractivity contribution in [1.29, 1.82) is 0 Å². The quantitative estimate of drug-likeness (QED) is 0.638. The van der Waals surface area contributed by atoms with Gasteiger partial charge in [0.25, 0.3) is 0 Å². The van der Waals surface area contributed by atoms with Crippen LogP contribution in [0, 0.1) is 0 Å². The molecule has 3 N–H and O–H groups in total. The topological polar surface area (TPSA) is 50.5 Å². The molecule has 2 unspecified atom stereocenters. The van der Waals surface area contributed by atoms with Gasteiger partial charge in [0.2, 0.25) is 0 Å². The van der Waals surface area contributed by atoms with E-state index in [1.165, 1.54) is 0 Å². The Morgan fingerprint density at radius 2 is 2.43 bits per heavy atom. The molecule has 1 rings (SSSR count). The number of hydrogen-bond donors (Lipinski definition) is 2. The Hall–Kier alpha value is -0.160. The molecular weight excluding hydrogens is 178 g/mol. The molecule has 0 saturated carbocycles. The van der Waals surface area contributed by atoms with Gasteiger partial charge in [-0.25, -0.2) is 0 Å². The van der Waals surface area contributed by atoms with Crippen LogP contribution in [0.2, 0.25) is 0 Å². The Labute approximate surface area is 86.8 Å². The van der Waals surface area contributed by atoms with E-state index >= 15 is 0 Å². The maximum absolute atomic E-state index is 5.66. The van der Waals surface area contributed by atoms with Crippen LogP contribution in [0.3, 0.4) is 0 Å². The first-order valence-corrected chi connectivity index (χ1v) is 5.53. The molecular formula is C10H23N3O. The van der Waals surface area contributed by atoms with E-state index in [9.17, 15) is 0 Å². The predicted octanol–water partition coefficient (Wildman–Crippen LogP) is -0.356. The van der Waals surface area contributed by atoms with Crippen molar-refractivity contribution < 1.29 is 4.74 Å². The second-order valence-corrected chi connectivity index (χ2v) is 3.93. The highest BCUT2D eigenvalue weighted by molar-refractivity contribution is 4.74. The van der Waals surface area contributed by atoms with E-state index in [4.69, 9.17) is 10.5 Å². The van der Waals surface area contributed by atoms with E-state index in [1.54, 1.807) is 0 Å². The van der Waals surface area contributed by atoms with Gasteiger partial charge in [-0.15, -0.1) is 0 Å². The minimum absolute atomic E-state index is 0.331. The zero-order valence-corrected chi connectivity index (χ0v) is 9.33. The molecule has 2 atom stereocenters. The highest BCUT2D eigenvalue weighted by atomic mass is 16.5. The summed E-state index contributed by atoms with van der Waals surface area (Å²) in [6.45, 7) is 9.97.